The molecule has 1 atom stereocenters. The summed E-state index contributed by atoms with van der Waals surface area (Å²) in [5.74, 6) is -0.102. The summed E-state index contributed by atoms with van der Waals surface area (Å²) >= 11 is 1.70. The second-order valence-electron chi connectivity index (χ2n) is 7.27. The van der Waals surface area contributed by atoms with Crippen molar-refractivity contribution in [3.05, 3.63) is 58.3 Å². The molecule has 1 N–H and O–H groups in total. The summed E-state index contributed by atoms with van der Waals surface area (Å²) in [5, 5.41) is 13.0. The molecule has 140 valence electrons. The minimum Gasteiger partial charge on any atom is -0.379 e. The summed E-state index contributed by atoms with van der Waals surface area (Å²) in [4.78, 5) is 18.0. The number of hydrogen-bond acceptors (Lipinski definition) is 4. The molecule has 0 saturated carbocycles. The third kappa shape index (κ3) is 4.93. The van der Waals surface area contributed by atoms with Gasteiger partial charge in [0.15, 0.2) is 5.60 Å². The molecule has 3 rings (SSSR count). The number of piperidine rings is 1. The number of nitrogens with zero attached hydrogens (tertiary/aromatic N) is 2. The zero-order valence-corrected chi connectivity index (χ0v) is 16.3. The molecular formula is C21H28N2O2S. The minimum absolute atomic E-state index is 0.102. The average Bonchev–Trinajstić information content (AvgIpc) is 3.12. The number of carbonyl (C=O) groups excluding carboxylic acids is 1. The van der Waals surface area contributed by atoms with Crippen LogP contribution in [-0.2, 0) is 17.8 Å². The Kier molecular flexibility index (Phi) is 6.46. The highest BCUT2D eigenvalue weighted by Gasteiger charge is 2.42. The highest BCUT2D eigenvalue weighted by Crippen LogP contribution is 2.25. The smallest absolute Gasteiger partial charge is 0.255 e. The summed E-state index contributed by atoms with van der Waals surface area (Å²) in [6.45, 7) is 2.62. The van der Waals surface area contributed by atoms with Crippen molar-refractivity contribution in [1.82, 2.24) is 9.80 Å². The fourth-order valence-electron chi connectivity index (χ4n) is 3.71. The lowest BCUT2D eigenvalue weighted by atomic mass is 9.91. The van der Waals surface area contributed by atoms with Crippen LogP contribution in [0.25, 0.3) is 0 Å². The maximum absolute atomic E-state index is 12.9. The molecule has 26 heavy (non-hydrogen) atoms. The molecule has 0 bridgehead atoms. The van der Waals surface area contributed by atoms with Gasteiger partial charge >= 0.3 is 0 Å². The first-order valence-electron chi connectivity index (χ1n) is 9.33. The molecule has 1 fully saturated rings. The van der Waals surface area contributed by atoms with Crippen molar-refractivity contribution >= 4 is 17.2 Å². The predicted octanol–water partition coefficient (Wildman–Crippen LogP) is 3.17. The molecule has 1 saturated heterocycles. The van der Waals surface area contributed by atoms with Gasteiger partial charge in [-0.05, 0) is 49.7 Å². The Balaban J connectivity index is 1.52. The number of aliphatic hydroxyl groups is 1. The van der Waals surface area contributed by atoms with E-state index < -0.39 is 5.60 Å². The lowest BCUT2D eigenvalue weighted by molar-refractivity contribution is -0.159. The lowest BCUT2D eigenvalue weighted by Gasteiger charge is -2.40. The molecule has 0 spiro atoms. The van der Waals surface area contributed by atoms with Crippen molar-refractivity contribution < 1.29 is 9.90 Å². The zero-order valence-electron chi connectivity index (χ0n) is 15.4. The number of rotatable bonds is 8. The second kappa shape index (κ2) is 8.80. The topological polar surface area (TPSA) is 43.8 Å². The highest BCUT2D eigenvalue weighted by molar-refractivity contribution is 7.09. The molecular weight excluding hydrogens is 344 g/mol. The summed E-state index contributed by atoms with van der Waals surface area (Å²) in [6, 6.07) is 14.5. The van der Waals surface area contributed by atoms with Crippen LogP contribution in [0.2, 0.25) is 0 Å². The fourth-order valence-corrected chi connectivity index (χ4v) is 4.50. The molecule has 1 amide bonds. The van der Waals surface area contributed by atoms with E-state index in [0.717, 1.165) is 32.4 Å². The molecule has 1 aromatic carbocycles. The molecule has 5 heteroatoms. The van der Waals surface area contributed by atoms with Crippen molar-refractivity contribution in [2.45, 2.75) is 37.8 Å². The largest absolute Gasteiger partial charge is 0.379 e. The van der Waals surface area contributed by atoms with Crippen molar-refractivity contribution in [2.24, 2.45) is 0 Å². The maximum atomic E-state index is 12.9. The molecule has 1 unspecified atom stereocenters. The van der Waals surface area contributed by atoms with Crippen LogP contribution in [0.15, 0.2) is 47.8 Å². The van der Waals surface area contributed by atoms with E-state index in [9.17, 15) is 9.90 Å². The van der Waals surface area contributed by atoms with Gasteiger partial charge in [-0.25, -0.2) is 0 Å². The Morgan fingerprint density at radius 2 is 2.04 bits per heavy atom. The Labute approximate surface area is 160 Å². The van der Waals surface area contributed by atoms with E-state index in [0.29, 0.717) is 19.5 Å². The van der Waals surface area contributed by atoms with E-state index in [1.54, 1.807) is 11.3 Å². The summed E-state index contributed by atoms with van der Waals surface area (Å²) < 4.78 is 0. The van der Waals surface area contributed by atoms with Crippen molar-refractivity contribution in [3.8, 4) is 0 Å². The van der Waals surface area contributed by atoms with Gasteiger partial charge in [-0.2, -0.15) is 0 Å². The molecule has 0 radical (unpaired) electrons. The Morgan fingerprint density at radius 1 is 1.23 bits per heavy atom. The highest BCUT2D eigenvalue weighted by atomic mass is 32.1. The Morgan fingerprint density at radius 3 is 2.77 bits per heavy atom. The summed E-state index contributed by atoms with van der Waals surface area (Å²) in [5.41, 5.74) is 0.0414. The number of likely N-dealkylation sites (tertiary alicyclic amines) is 1. The van der Waals surface area contributed by atoms with E-state index in [-0.39, 0.29) is 5.91 Å². The standard InChI is InChI=1S/C21H28N2O2S/c1-22(16-19-11-6-15-26-19)17-21(25)12-7-14-23(20(21)24)13-5-10-18-8-3-2-4-9-18/h2-4,6,8-9,11,15,25H,5,7,10,12-14,16-17H2,1H3. The van der Waals surface area contributed by atoms with Gasteiger partial charge in [0.2, 0.25) is 0 Å². The van der Waals surface area contributed by atoms with E-state index in [1.165, 1.54) is 10.4 Å². The fraction of sp³-hybridized carbons (Fsp3) is 0.476. The van der Waals surface area contributed by atoms with Crippen LogP contribution in [0.1, 0.15) is 29.7 Å². The predicted molar refractivity (Wildman–Crippen MR) is 106 cm³/mol. The van der Waals surface area contributed by atoms with Gasteiger partial charge in [0, 0.05) is 31.1 Å². The Bertz CT molecular complexity index is 689. The number of benzene rings is 1. The molecule has 4 nitrogen and oxygen atoms in total. The van der Waals surface area contributed by atoms with Gasteiger partial charge in [-0.1, -0.05) is 36.4 Å². The maximum Gasteiger partial charge on any atom is 0.255 e. The van der Waals surface area contributed by atoms with Gasteiger partial charge in [0.25, 0.3) is 5.91 Å². The first-order chi connectivity index (χ1) is 12.6. The van der Waals surface area contributed by atoms with Gasteiger partial charge < -0.3 is 10.0 Å². The van der Waals surface area contributed by atoms with Crippen LogP contribution in [0.4, 0.5) is 0 Å². The van der Waals surface area contributed by atoms with Gasteiger partial charge in [0.05, 0.1) is 0 Å². The Hall–Kier alpha value is -1.69. The molecule has 0 aliphatic carbocycles. The van der Waals surface area contributed by atoms with Crippen molar-refractivity contribution in [3.63, 3.8) is 0 Å². The van der Waals surface area contributed by atoms with Crippen LogP contribution in [0.3, 0.4) is 0 Å². The van der Waals surface area contributed by atoms with E-state index >= 15 is 0 Å². The number of likely N-dealkylation sites (N-methyl/N-ethyl adjacent to an activating group) is 1. The molecule has 1 aromatic heterocycles. The lowest BCUT2D eigenvalue weighted by Crippen LogP contribution is -2.58. The van der Waals surface area contributed by atoms with Crippen molar-refractivity contribution in [1.29, 1.82) is 0 Å². The van der Waals surface area contributed by atoms with Crippen LogP contribution in [0, 0.1) is 0 Å². The minimum atomic E-state index is -1.25. The quantitative estimate of drug-likeness (QED) is 0.774. The first-order valence-corrected chi connectivity index (χ1v) is 10.2. The van der Waals surface area contributed by atoms with E-state index in [4.69, 9.17) is 0 Å². The van der Waals surface area contributed by atoms with Gasteiger partial charge in [-0.15, -0.1) is 11.3 Å². The number of hydrogen-bond donors (Lipinski definition) is 1. The molecule has 1 aliphatic rings. The van der Waals surface area contributed by atoms with E-state index in [2.05, 4.69) is 28.5 Å². The van der Waals surface area contributed by atoms with Gasteiger partial charge in [-0.3, -0.25) is 9.69 Å². The third-order valence-corrected chi connectivity index (χ3v) is 5.84. The molecule has 2 aromatic rings. The van der Waals surface area contributed by atoms with Gasteiger partial charge in [0.1, 0.15) is 0 Å². The number of amides is 1. The second-order valence-corrected chi connectivity index (χ2v) is 8.30. The zero-order chi connectivity index (χ0) is 18.4. The monoisotopic (exact) mass is 372 g/mol. The van der Waals surface area contributed by atoms with E-state index in [1.807, 2.05) is 36.2 Å². The number of carbonyl (C=O) groups is 1. The normalized spacial score (nSPS) is 20.7. The number of thiophene rings is 1. The SMILES string of the molecule is CN(Cc1cccs1)CC1(O)CCCN(CCCc2ccccc2)C1=O. The summed E-state index contributed by atoms with van der Waals surface area (Å²) in [6.07, 6.45) is 3.30. The summed E-state index contributed by atoms with van der Waals surface area (Å²) in [7, 11) is 1.97. The molecule has 1 aliphatic heterocycles. The first kappa shape index (κ1) is 19.1. The van der Waals surface area contributed by atoms with Crippen LogP contribution < -0.4 is 0 Å². The van der Waals surface area contributed by atoms with Crippen molar-refractivity contribution in [2.75, 3.05) is 26.7 Å². The average molecular weight is 373 g/mol. The third-order valence-electron chi connectivity index (χ3n) is 4.98. The van der Waals surface area contributed by atoms with Crippen LogP contribution in [-0.4, -0.2) is 53.1 Å². The van der Waals surface area contributed by atoms with Crippen LogP contribution >= 0.6 is 11.3 Å². The number of aryl methyl sites for hydroxylation is 1. The van der Waals surface area contributed by atoms with Crippen LogP contribution in [0.5, 0.6) is 0 Å². The molecule has 2 heterocycles.